The summed E-state index contributed by atoms with van der Waals surface area (Å²) >= 11 is 0. The zero-order valence-corrected chi connectivity index (χ0v) is 50.8. The maximum atomic E-state index is 13.3. The van der Waals surface area contributed by atoms with E-state index in [4.69, 9.17) is 18.9 Å². The molecular formula is C66H123NO13. The smallest absolute Gasteiger partial charge is 0.220 e. The number of hydrogen-bond donors (Lipinski definition) is 9. The zero-order valence-electron chi connectivity index (χ0n) is 50.8. The third-order valence-corrected chi connectivity index (χ3v) is 16.3. The topological polar surface area (TPSA) is 228 Å². The number of nitrogens with one attached hydrogen (secondary N) is 1. The summed E-state index contributed by atoms with van der Waals surface area (Å²) in [7, 11) is 0. The quantitative estimate of drug-likeness (QED) is 0.0204. The number of hydrogen-bond acceptors (Lipinski definition) is 13. The van der Waals surface area contributed by atoms with Gasteiger partial charge in [-0.1, -0.05) is 262 Å². The predicted molar refractivity (Wildman–Crippen MR) is 323 cm³/mol. The number of ether oxygens (including phenoxy) is 4. The molecule has 2 saturated heterocycles. The zero-order chi connectivity index (χ0) is 58.1. The van der Waals surface area contributed by atoms with Gasteiger partial charge < -0.3 is 65.1 Å². The Morgan fingerprint density at radius 2 is 0.825 bits per heavy atom. The molecule has 2 aliphatic rings. The summed E-state index contributed by atoms with van der Waals surface area (Å²) in [6.07, 6.45) is 47.6. The van der Waals surface area contributed by atoms with Gasteiger partial charge in [0.05, 0.1) is 32.0 Å². The molecular weight excluding hydrogens is 1010 g/mol. The Morgan fingerprint density at radius 3 is 1.25 bits per heavy atom. The molecule has 0 aromatic rings. The van der Waals surface area contributed by atoms with Gasteiger partial charge in [-0.15, -0.1) is 0 Å². The van der Waals surface area contributed by atoms with E-state index in [2.05, 4.69) is 43.5 Å². The van der Waals surface area contributed by atoms with Crippen molar-refractivity contribution in [3.63, 3.8) is 0 Å². The lowest BCUT2D eigenvalue weighted by Crippen LogP contribution is -2.65. The van der Waals surface area contributed by atoms with Gasteiger partial charge in [-0.25, -0.2) is 0 Å². The summed E-state index contributed by atoms with van der Waals surface area (Å²) in [5.41, 5.74) is 0. The van der Waals surface area contributed by atoms with E-state index in [0.717, 1.165) is 44.9 Å². The van der Waals surface area contributed by atoms with E-state index < -0.39 is 86.8 Å². The van der Waals surface area contributed by atoms with Gasteiger partial charge in [0.25, 0.3) is 0 Å². The molecule has 0 radical (unpaired) electrons. The fraction of sp³-hybridized carbons (Fsp3) is 0.894. The van der Waals surface area contributed by atoms with Crippen molar-refractivity contribution in [1.82, 2.24) is 5.32 Å². The number of carbonyl (C=O) groups excluding carboxylic acids is 1. The van der Waals surface area contributed by atoms with Crippen LogP contribution in [-0.2, 0) is 23.7 Å². The number of rotatable bonds is 54. The summed E-state index contributed by atoms with van der Waals surface area (Å²) < 4.78 is 22.8. The Kier molecular flexibility index (Phi) is 47.9. The van der Waals surface area contributed by atoms with Crippen molar-refractivity contribution < 1.29 is 64.6 Å². The van der Waals surface area contributed by atoms with Crippen LogP contribution >= 0.6 is 0 Å². The molecule has 0 aromatic carbocycles. The molecule has 14 nitrogen and oxygen atoms in total. The van der Waals surface area contributed by atoms with Gasteiger partial charge in [0, 0.05) is 6.42 Å². The van der Waals surface area contributed by atoms with Gasteiger partial charge in [-0.05, 0) is 51.4 Å². The second-order valence-electron chi connectivity index (χ2n) is 23.6. The van der Waals surface area contributed by atoms with Gasteiger partial charge in [-0.3, -0.25) is 4.79 Å². The first kappa shape index (κ1) is 74.3. The van der Waals surface area contributed by atoms with Crippen LogP contribution in [-0.4, -0.2) is 140 Å². The number of carbonyl (C=O) groups is 1. The van der Waals surface area contributed by atoms with Crippen molar-refractivity contribution in [2.24, 2.45) is 0 Å². The second kappa shape index (κ2) is 51.6. The Hall–Kier alpha value is -1.79. The van der Waals surface area contributed by atoms with Crippen LogP contribution < -0.4 is 5.32 Å². The fourth-order valence-electron chi connectivity index (χ4n) is 11.0. The average Bonchev–Trinajstić information content (AvgIpc) is 3.49. The first-order valence-corrected chi connectivity index (χ1v) is 33.2. The first-order chi connectivity index (χ1) is 39.1. The van der Waals surface area contributed by atoms with Crippen LogP contribution in [0.25, 0.3) is 0 Å². The van der Waals surface area contributed by atoms with E-state index in [0.29, 0.717) is 6.42 Å². The van der Waals surface area contributed by atoms with Crippen molar-refractivity contribution in [1.29, 1.82) is 0 Å². The molecule has 12 atom stereocenters. The molecule has 2 heterocycles. The molecule has 2 fully saturated rings. The molecule has 0 aliphatic carbocycles. The molecule has 0 aromatic heterocycles. The standard InChI is InChI=1S/C66H123NO13/c1-3-5-7-9-11-13-15-17-19-21-23-24-25-26-27-28-29-30-32-34-36-38-40-42-44-46-48-50-58(71)67-54(55(70)49-47-45-43-41-39-37-35-33-31-22-20-18-16-14-12-10-8-6-4-2)53-77-65-63(76)61(74)64(57(52-69)79-65)80-66-62(75)60(73)59(72)56(51-68)78-66/h15,17,21,23,47,49,54-57,59-66,68-70,72-76H,3-14,16,18-20,22,24-46,48,50-53H2,1-2H3,(H,67,71)/b17-15-,23-21-,49-47+. The predicted octanol–water partition coefficient (Wildman–Crippen LogP) is 12.6. The van der Waals surface area contributed by atoms with Crippen LogP contribution in [0.1, 0.15) is 284 Å². The number of unbranched alkanes of at least 4 members (excludes halogenated alkanes) is 37. The van der Waals surface area contributed by atoms with Crippen molar-refractivity contribution in [2.75, 3.05) is 19.8 Å². The van der Waals surface area contributed by atoms with Crippen molar-refractivity contribution >= 4 is 5.91 Å². The van der Waals surface area contributed by atoms with Crippen molar-refractivity contribution in [3.05, 3.63) is 36.5 Å². The van der Waals surface area contributed by atoms with Crippen LogP contribution in [0.2, 0.25) is 0 Å². The first-order valence-electron chi connectivity index (χ1n) is 33.2. The molecule has 0 saturated carbocycles. The Bertz CT molecular complexity index is 1480. The summed E-state index contributed by atoms with van der Waals surface area (Å²) in [6.45, 7) is 2.82. The molecule has 80 heavy (non-hydrogen) atoms. The molecule has 0 spiro atoms. The minimum atomic E-state index is -1.79. The van der Waals surface area contributed by atoms with E-state index in [9.17, 15) is 45.6 Å². The fourth-order valence-corrected chi connectivity index (χ4v) is 11.0. The molecule has 14 heteroatoms. The molecule has 0 bridgehead atoms. The van der Waals surface area contributed by atoms with Crippen LogP contribution in [0.5, 0.6) is 0 Å². The van der Waals surface area contributed by atoms with Crippen molar-refractivity contribution in [3.8, 4) is 0 Å². The Labute approximate surface area is 487 Å². The lowest BCUT2D eigenvalue weighted by atomic mass is 9.97. The maximum absolute atomic E-state index is 13.3. The lowest BCUT2D eigenvalue weighted by Gasteiger charge is -2.46. The second-order valence-corrected chi connectivity index (χ2v) is 23.6. The molecule has 1 amide bonds. The highest BCUT2D eigenvalue weighted by Gasteiger charge is 2.51. The van der Waals surface area contributed by atoms with Gasteiger partial charge in [0.1, 0.15) is 48.8 Å². The summed E-state index contributed by atoms with van der Waals surface area (Å²) in [5.74, 6) is -0.236. The van der Waals surface area contributed by atoms with Crippen LogP contribution in [0.15, 0.2) is 36.5 Å². The van der Waals surface area contributed by atoms with Gasteiger partial charge in [0.15, 0.2) is 12.6 Å². The molecule has 12 unspecified atom stereocenters. The average molecular weight is 1140 g/mol. The van der Waals surface area contributed by atoms with E-state index >= 15 is 0 Å². The Balaban J connectivity index is 1.70. The minimum Gasteiger partial charge on any atom is -0.394 e. The SMILES string of the molecule is CCCCCCC/C=C\C/C=C\CCCCCCCCCCCCCCCCCC(=O)NC(COC1OC(CO)C(OC2OC(CO)C(O)C(O)C2O)C(O)C1O)C(O)/C=C/CCCCCCCCCCCCCCCCCCC. The molecule has 9 N–H and O–H groups in total. The summed E-state index contributed by atoms with van der Waals surface area (Å²) in [4.78, 5) is 13.3. The summed E-state index contributed by atoms with van der Waals surface area (Å²) in [5, 5.41) is 87.3. The van der Waals surface area contributed by atoms with Crippen LogP contribution in [0.3, 0.4) is 0 Å². The third kappa shape index (κ3) is 36.1. The van der Waals surface area contributed by atoms with Crippen LogP contribution in [0, 0.1) is 0 Å². The lowest BCUT2D eigenvalue weighted by molar-refractivity contribution is -0.359. The van der Waals surface area contributed by atoms with E-state index in [1.807, 2.05) is 6.08 Å². The van der Waals surface area contributed by atoms with E-state index in [-0.39, 0.29) is 18.9 Å². The Morgan fingerprint density at radius 1 is 0.450 bits per heavy atom. The molecule has 2 rings (SSSR count). The van der Waals surface area contributed by atoms with E-state index in [1.165, 1.54) is 212 Å². The monoisotopic (exact) mass is 1140 g/mol. The minimum absolute atomic E-state index is 0.236. The number of aliphatic hydroxyl groups excluding tert-OH is 8. The summed E-state index contributed by atoms with van der Waals surface area (Å²) in [6, 6.07) is -0.914. The highest BCUT2D eigenvalue weighted by atomic mass is 16.7. The highest BCUT2D eigenvalue weighted by Crippen LogP contribution is 2.30. The van der Waals surface area contributed by atoms with E-state index in [1.54, 1.807) is 6.08 Å². The largest absolute Gasteiger partial charge is 0.394 e. The number of amides is 1. The number of allylic oxidation sites excluding steroid dienone is 5. The normalized spacial score (nSPS) is 24.4. The third-order valence-electron chi connectivity index (χ3n) is 16.3. The van der Waals surface area contributed by atoms with Crippen molar-refractivity contribution in [2.45, 2.75) is 357 Å². The van der Waals surface area contributed by atoms with Gasteiger partial charge in [0.2, 0.25) is 5.91 Å². The highest BCUT2D eigenvalue weighted by molar-refractivity contribution is 5.76. The number of aliphatic hydroxyl groups is 8. The van der Waals surface area contributed by atoms with Gasteiger partial charge in [-0.2, -0.15) is 0 Å². The molecule has 2 aliphatic heterocycles. The van der Waals surface area contributed by atoms with Crippen LogP contribution in [0.4, 0.5) is 0 Å². The van der Waals surface area contributed by atoms with Gasteiger partial charge >= 0.3 is 0 Å². The maximum Gasteiger partial charge on any atom is 0.220 e. The molecule has 470 valence electrons.